The Labute approximate surface area is 154 Å². The summed E-state index contributed by atoms with van der Waals surface area (Å²) in [5.41, 5.74) is 7.05. The fourth-order valence-electron chi connectivity index (χ4n) is 4.57. The Balaban J connectivity index is 0.00000182. The van der Waals surface area contributed by atoms with Crippen molar-refractivity contribution in [1.82, 2.24) is 5.32 Å². The number of rotatable bonds is 4. The molecule has 5 atom stereocenters. The van der Waals surface area contributed by atoms with Crippen LogP contribution in [0.5, 0.6) is 0 Å². The zero-order valence-electron chi connectivity index (χ0n) is 14.1. The molecule has 0 radical (unpaired) electrons. The highest BCUT2D eigenvalue weighted by Gasteiger charge is 2.48. The highest BCUT2D eigenvalue weighted by Crippen LogP contribution is 2.47. The first kappa shape index (κ1) is 18.2. The van der Waals surface area contributed by atoms with Crippen LogP contribution in [0.4, 0.5) is 0 Å². The zero-order valence-corrected chi connectivity index (χ0v) is 14.9. The lowest BCUT2D eigenvalue weighted by molar-refractivity contribution is -0.127. The molecular weight excluding hydrogens is 336 g/mol. The summed E-state index contributed by atoms with van der Waals surface area (Å²) in [6.45, 7) is 0.234. The number of benzene rings is 2. The van der Waals surface area contributed by atoms with E-state index < -0.39 is 6.10 Å². The lowest BCUT2D eigenvalue weighted by Gasteiger charge is -2.27. The fraction of sp³-hybridized carbons (Fsp3) is 0.450. The van der Waals surface area contributed by atoms with Gasteiger partial charge in [-0.1, -0.05) is 36.4 Å². The van der Waals surface area contributed by atoms with E-state index >= 15 is 0 Å². The third-order valence-corrected chi connectivity index (χ3v) is 5.91. The molecule has 0 saturated heterocycles. The maximum absolute atomic E-state index is 12.5. The average molecular weight is 361 g/mol. The van der Waals surface area contributed by atoms with E-state index in [1.807, 2.05) is 42.5 Å². The summed E-state index contributed by atoms with van der Waals surface area (Å²) in [7, 11) is 0. The topological polar surface area (TPSA) is 75.4 Å². The number of fused-ring (bicyclic) bond motifs is 3. The van der Waals surface area contributed by atoms with Crippen LogP contribution in [-0.4, -0.2) is 23.6 Å². The molecule has 5 heteroatoms. The summed E-state index contributed by atoms with van der Waals surface area (Å²) >= 11 is 0. The van der Waals surface area contributed by atoms with Gasteiger partial charge in [0.15, 0.2) is 0 Å². The summed E-state index contributed by atoms with van der Waals surface area (Å²) in [6.07, 6.45) is 2.67. The predicted molar refractivity (Wildman–Crippen MR) is 101 cm³/mol. The summed E-state index contributed by atoms with van der Waals surface area (Å²) in [5, 5.41) is 15.6. The minimum atomic E-state index is -0.701. The maximum atomic E-state index is 12.5. The highest BCUT2D eigenvalue weighted by atomic mass is 35.5. The van der Waals surface area contributed by atoms with Crippen LogP contribution in [0.2, 0.25) is 0 Å². The molecule has 0 aliphatic heterocycles. The monoisotopic (exact) mass is 360 g/mol. The number of halogens is 1. The van der Waals surface area contributed by atoms with Crippen LogP contribution in [0.25, 0.3) is 10.8 Å². The minimum absolute atomic E-state index is 0. The summed E-state index contributed by atoms with van der Waals surface area (Å²) < 4.78 is 0. The summed E-state index contributed by atoms with van der Waals surface area (Å²) in [4.78, 5) is 12.5. The van der Waals surface area contributed by atoms with Crippen LogP contribution in [-0.2, 0) is 4.79 Å². The molecule has 4 N–H and O–H groups in total. The van der Waals surface area contributed by atoms with Gasteiger partial charge in [-0.2, -0.15) is 0 Å². The van der Waals surface area contributed by atoms with Gasteiger partial charge in [-0.15, -0.1) is 12.4 Å². The standard InChI is InChI=1S/C20H24N2O2.ClH/c21-19-16-8-7-15(10-16)18(19)20(24)22-11-17(23)14-6-5-12-3-1-2-4-13(12)9-14;/h1-6,9,15-19,23H,7-8,10-11,21H2,(H,22,24);1H. The van der Waals surface area contributed by atoms with Gasteiger partial charge in [-0.25, -0.2) is 0 Å². The molecule has 2 bridgehead atoms. The van der Waals surface area contributed by atoms with Crippen molar-refractivity contribution in [2.45, 2.75) is 31.4 Å². The zero-order chi connectivity index (χ0) is 16.7. The Hall–Kier alpha value is -1.62. The number of nitrogens with one attached hydrogen (secondary N) is 1. The van der Waals surface area contributed by atoms with Crippen molar-refractivity contribution >= 4 is 29.1 Å². The largest absolute Gasteiger partial charge is 0.387 e. The Kier molecular flexibility index (Phi) is 5.32. The Bertz CT molecular complexity index is 764. The van der Waals surface area contributed by atoms with Crippen molar-refractivity contribution in [1.29, 1.82) is 0 Å². The molecule has 2 aromatic carbocycles. The number of hydrogen-bond acceptors (Lipinski definition) is 3. The van der Waals surface area contributed by atoms with Gasteiger partial charge in [0.1, 0.15) is 0 Å². The Morgan fingerprint density at radius 3 is 2.60 bits per heavy atom. The number of aliphatic hydroxyl groups excluding tert-OH is 1. The number of aliphatic hydroxyl groups is 1. The minimum Gasteiger partial charge on any atom is -0.387 e. The summed E-state index contributed by atoms with van der Waals surface area (Å²) in [6, 6.07) is 13.9. The van der Waals surface area contributed by atoms with Gasteiger partial charge in [0.25, 0.3) is 0 Å². The number of carbonyl (C=O) groups is 1. The molecule has 1 amide bonds. The van der Waals surface area contributed by atoms with E-state index in [0.29, 0.717) is 11.8 Å². The van der Waals surface area contributed by atoms with Gasteiger partial charge in [0.05, 0.1) is 12.0 Å². The molecule has 2 aromatic rings. The number of carbonyl (C=O) groups excluding carboxylic acids is 1. The van der Waals surface area contributed by atoms with E-state index in [1.54, 1.807) is 0 Å². The van der Waals surface area contributed by atoms with Crippen LogP contribution >= 0.6 is 12.4 Å². The van der Waals surface area contributed by atoms with Gasteiger partial charge in [-0.05, 0) is 53.5 Å². The SMILES string of the molecule is Cl.NC1C2CCC(C2)C1C(=O)NCC(O)c1ccc2ccccc2c1. The number of nitrogens with two attached hydrogens (primary N) is 1. The van der Waals surface area contributed by atoms with Crippen molar-refractivity contribution in [2.75, 3.05) is 6.54 Å². The van der Waals surface area contributed by atoms with Crippen LogP contribution in [0.15, 0.2) is 42.5 Å². The van der Waals surface area contributed by atoms with Crippen LogP contribution < -0.4 is 11.1 Å². The van der Waals surface area contributed by atoms with Gasteiger partial charge < -0.3 is 16.2 Å². The third kappa shape index (κ3) is 3.39. The molecule has 4 nitrogen and oxygen atoms in total. The molecule has 25 heavy (non-hydrogen) atoms. The van der Waals surface area contributed by atoms with Crippen molar-refractivity contribution in [3.8, 4) is 0 Å². The van der Waals surface area contributed by atoms with Crippen molar-refractivity contribution in [2.24, 2.45) is 23.5 Å². The van der Waals surface area contributed by atoms with Crippen LogP contribution in [0, 0.1) is 17.8 Å². The molecular formula is C20H25ClN2O2. The van der Waals surface area contributed by atoms with Gasteiger partial charge in [0, 0.05) is 12.6 Å². The lowest BCUT2D eigenvalue weighted by Crippen LogP contribution is -2.46. The predicted octanol–water partition coefficient (Wildman–Crippen LogP) is 2.78. The highest BCUT2D eigenvalue weighted by molar-refractivity contribution is 5.85. The molecule has 5 unspecified atom stereocenters. The van der Waals surface area contributed by atoms with E-state index in [1.165, 1.54) is 0 Å². The van der Waals surface area contributed by atoms with Gasteiger partial charge >= 0.3 is 0 Å². The Morgan fingerprint density at radius 1 is 1.16 bits per heavy atom. The molecule has 2 saturated carbocycles. The first-order chi connectivity index (χ1) is 11.6. The average Bonchev–Trinajstić information content (AvgIpc) is 3.20. The quantitative estimate of drug-likeness (QED) is 0.784. The normalized spacial score (nSPS) is 28.6. The van der Waals surface area contributed by atoms with E-state index in [0.717, 1.165) is 35.6 Å². The molecule has 2 aliphatic rings. The van der Waals surface area contributed by atoms with Crippen LogP contribution in [0.3, 0.4) is 0 Å². The third-order valence-electron chi connectivity index (χ3n) is 5.91. The van der Waals surface area contributed by atoms with E-state index in [-0.39, 0.29) is 36.8 Å². The van der Waals surface area contributed by atoms with Gasteiger partial charge in [-0.3, -0.25) is 4.79 Å². The van der Waals surface area contributed by atoms with Gasteiger partial charge in [0.2, 0.25) is 5.91 Å². The van der Waals surface area contributed by atoms with Crippen molar-refractivity contribution in [3.05, 3.63) is 48.0 Å². The Morgan fingerprint density at radius 2 is 1.88 bits per heavy atom. The fourth-order valence-corrected chi connectivity index (χ4v) is 4.57. The molecule has 2 fully saturated rings. The van der Waals surface area contributed by atoms with E-state index in [9.17, 15) is 9.90 Å². The molecule has 134 valence electrons. The second-order valence-corrected chi connectivity index (χ2v) is 7.30. The molecule has 0 spiro atoms. The van der Waals surface area contributed by atoms with E-state index in [2.05, 4.69) is 5.32 Å². The van der Waals surface area contributed by atoms with Crippen molar-refractivity contribution < 1.29 is 9.90 Å². The number of hydrogen-bond donors (Lipinski definition) is 3. The smallest absolute Gasteiger partial charge is 0.225 e. The summed E-state index contributed by atoms with van der Waals surface area (Å²) in [5.74, 6) is 0.876. The first-order valence-corrected chi connectivity index (χ1v) is 8.83. The molecule has 4 rings (SSSR count). The maximum Gasteiger partial charge on any atom is 0.225 e. The second-order valence-electron chi connectivity index (χ2n) is 7.30. The lowest BCUT2D eigenvalue weighted by atomic mass is 9.84. The second kappa shape index (κ2) is 7.32. The molecule has 2 aliphatic carbocycles. The van der Waals surface area contributed by atoms with E-state index in [4.69, 9.17) is 5.73 Å². The van der Waals surface area contributed by atoms with Crippen LogP contribution in [0.1, 0.15) is 30.9 Å². The first-order valence-electron chi connectivity index (χ1n) is 8.83. The van der Waals surface area contributed by atoms with Crippen molar-refractivity contribution in [3.63, 3.8) is 0 Å². The number of amides is 1. The molecule has 0 heterocycles. The molecule has 0 aromatic heterocycles.